The van der Waals surface area contributed by atoms with Crippen molar-refractivity contribution in [2.45, 2.75) is 0 Å². The molecular weight excluding hydrogens is 291 g/mol. The van der Waals surface area contributed by atoms with Gasteiger partial charge in [0, 0.05) is 5.02 Å². The number of aromatic nitrogens is 2. The van der Waals surface area contributed by atoms with Crippen LogP contribution >= 0.6 is 23.2 Å². The highest BCUT2D eigenvalue weighted by molar-refractivity contribution is 6.35. The molecule has 1 heterocycles. The van der Waals surface area contributed by atoms with E-state index in [0.29, 0.717) is 15.8 Å². The first kappa shape index (κ1) is 13.6. The van der Waals surface area contributed by atoms with Gasteiger partial charge in [-0.3, -0.25) is 0 Å². The van der Waals surface area contributed by atoms with E-state index in [2.05, 4.69) is 9.97 Å². The molecule has 2 aromatic rings. The molecule has 0 radical (unpaired) electrons. The summed E-state index contributed by atoms with van der Waals surface area (Å²) in [6, 6.07) is 4.71. The Morgan fingerprint density at radius 1 is 1.21 bits per heavy atom. The summed E-state index contributed by atoms with van der Waals surface area (Å²) in [7, 11) is 0. The number of hydrogen-bond donors (Lipinski definition) is 0. The Hall–Kier alpha value is -1.85. The Morgan fingerprint density at radius 2 is 1.95 bits per heavy atom. The van der Waals surface area contributed by atoms with Crippen molar-refractivity contribution < 1.29 is 14.3 Å². The van der Waals surface area contributed by atoms with Crippen molar-refractivity contribution in [3.8, 4) is 11.5 Å². The number of halogens is 2. The Morgan fingerprint density at radius 3 is 2.63 bits per heavy atom. The number of hydrogen-bond acceptors (Lipinski definition) is 5. The molecule has 0 amide bonds. The summed E-state index contributed by atoms with van der Waals surface area (Å²) < 4.78 is 10.2. The molecule has 0 N–H and O–H groups in total. The minimum Gasteiger partial charge on any atom is -0.480 e. The minimum atomic E-state index is -0.583. The van der Waals surface area contributed by atoms with E-state index in [0.717, 1.165) is 0 Å². The number of ether oxygens (including phenoxy) is 2. The van der Waals surface area contributed by atoms with E-state index in [4.69, 9.17) is 32.7 Å². The van der Waals surface area contributed by atoms with Crippen LogP contribution in [0.15, 0.2) is 36.9 Å². The minimum absolute atomic E-state index is 0.248. The zero-order chi connectivity index (χ0) is 13.7. The molecule has 19 heavy (non-hydrogen) atoms. The third kappa shape index (κ3) is 4.08. The molecule has 0 fully saturated rings. The van der Waals surface area contributed by atoms with Crippen LogP contribution < -0.4 is 9.47 Å². The van der Waals surface area contributed by atoms with Crippen LogP contribution in [0.5, 0.6) is 11.5 Å². The molecule has 0 atom stereocenters. The lowest BCUT2D eigenvalue weighted by Gasteiger charge is -2.07. The van der Waals surface area contributed by atoms with Gasteiger partial charge < -0.3 is 9.47 Å². The summed E-state index contributed by atoms with van der Waals surface area (Å²) in [6.45, 7) is -0.282. The van der Waals surface area contributed by atoms with Crippen LogP contribution in [0.25, 0.3) is 0 Å². The molecule has 0 aliphatic heterocycles. The number of benzene rings is 1. The number of carbonyl (C=O) groups excluding carboxylic acids is 1. The second-order valence-corrected chi connectivity index (χ2v) is 4.26. The van der Waals surface area contributed by atoms with Crippen molar-refractivity contribution in [2.75, 3.05) is 6.61 Å². The summed E-state index contributed by atoms with van der Waals surface area (Å²) in [5.41, 5.74) is 0. The molecule has 0 unspecified atom stereocenters. The fourth-order valence-electron chi connectivity index (χ4n) is 1.23. The lowest BCUT2D eigenvalue weighted by Crippen LogP contribution is -2.17. The van der Waals surface area contributed by atoms with Gasteiger partial charge >= 0.3 is 5.97 Å². The zero-order valence-corrected chi connectivity index (χ0v) is 11.1. The molecule has 1 aromatic heterocycles. The predicted molar refractivity (Wildman–Crippen MR) is 69.6 cm³/mol. The van der Waals surface area contributed by atoms with Crippen LogP contribution in [0.2, 0.25) is 10.0 Å². The zero-order valence-electron chi connectivity index (χ0n) is 9.55. The lowest BCUT2D eigenvalue weighted by molar-refractivity contribution is -0.136. The largest absolute Gasteiger partial charge is 0.480 e. The molecule has 2 rings (SSSR count). The Balaban J connectivity index is 1.90. The number of rotatable bonds is 4. The Bertz CT molecular complexity index is 578. The molecular formula is C12H8Cl2N2O3. The maximum Gasteiger partial charge on any atom is 0.349 e. The lowest BCUT2D eigenvalue weighted by atomic mass is 10.3. The quantitative estimate of drug-likeness (QED) is 0.812. The maximum atomic E-state index is 11.5. The normalized spacial score (nSPS) is 10.0. The van der Waals surface area contributed by atoms with Gasteiger partial charge in [0.05, 0.1) is 17.4 Å². The number of nitrogens with zero attached hydrogens (tertiary/aromatic N) is 2. The fraction of sp³-hybridized carbons (Fsp3) is 0.0833. The van der Waals surface area contributed by atoms with Crippen LogP contribution in [0.1, 0.15) is 0 Å². The molecule has 1 aromatic carbocycles. The molecule has 0 aliphatic carbocycles. The van der Waals surface area contributed by atoms with Gasteiger partial charge in [0.25, 0.3) is 0 Å². The number of esters is 1. The average molecular weight is 299 g/mol. The van der Waals surface area contributed by atoms with Crippen molar-refractivity contribution in [2.24, 2.45) is 0 Å². The monoisotopic (exact) mass is 298 g/mol. The molecule has 0 saturated carbocycles. The highest BCUT2D eigenvalue weighted by Crippen LogP contribution is 2.27. The molecule has 0 spiro atoms. The van der Waals surface area contributed by atoms with E-state index in [1.165, 1.54) is 24.8 Å². The van der Waals surface area contributed by atoms with Crippen molar-refractivity contribution in [3.05, 3.63) is 47.0 Å². The highest BCUT2D eigenvalue weighted by Gasteiger charge is 2.08. The van der Waals surface area contributed by atoms with Crippen molar-refractivity contribution >= 4 is 29.2 Å². The third-order valence-electron chi connectivity index (χ3n) is 2.01. The summed E-state index contributed by atoms with van der Waals surface area (Å²) in [5, 5.41) is 0.810. The first-order valence-electron chi connectivity index (χ1n) is 5.18. The van der Waals surface area contributed by atoms with E-state index in [-0.39, 0.29) is 12.4 Å². The van der Waals surface area contributed by atoms with Crippen molar-refractivity contribution in [1.82, 2.24) is 9.97 Å². The van der Waals surface area contributed by atoms with E-state index in [9.17, 15) is 4.79 Å². The second-order valence-electron chi connectivity index (χ2n) is 3.41. The van der Waals surface area contributed by atoms with Gasteiger partial charge in [0.2, 0.25) is 0 Å². The first-order valence-corrected chi connectivity index (χ1v) is 5.94. The highest BCUT2D eigenvalue weighted by atomic mass is 35.5. The van der Waals surface area contributed by atoms with E-state index < -0.39 is 5.97 Å². The molecule has 0 saturated heterocycles. The van der Waals surface area contributed by atoms with Crippen molar-refractivity contribution in [1.29, 1.82) is 0 Å². The fourth-order valence-corrected chi connectivity index (χ4v) is 1.69. The first-order chi connectivity index (χ1) is 9.15. The summed E-state index contributed by atoms with van der Waals surface area (Å²) >= 11 is 11.6. The van der Waals surface area contributed by atoms with Gasteiger partial charge in [-0.2, -0.15) is 0 Å². The van der Waals surface area contributed by atoms with E-state index in [1.807, 2.05) is 0 Å². The van der Waals surface area contributed by atoms with E-state index in [1.54, 1.807) is 12.1 Å². The molecule has 5 nitrogen and oxygen atoms in total. The van der Waals surface area contributed by atoms with Crippen LogP contribution in [-0.2, 0) is 4.79 Å². The van der Waals surface area contributed by atoms with Crippen LogP contribution in [0.3, 0.4) is 0 Å². The van der Waals surface area contributed by atoms with Crippen molar-refractivity contribution in [3.63, 3.8) is 0 Å². The van der Waals surface area contributed by atoms with Crippen LogP contribution in [0.4, 0.5) is 0 Å². The topological polar surface area (TPSA) is 61.3 Å². The SMILES string of the molecule is O=C(COc1ccc(Cl)cc1Cl)Oc1cncnc1. The average Bonchev–Trinajstić information content (AvgIpc) is 2.39. The molecule has 0 aliphatic rings. The van der Waals surface area contributed by atoms with Crippen LogP contribution in [0, 0.1) is 0 Å². The molecule has 98 valence electrons. The van der Waals surface area contributed by atoms with Gasteiger partial charge in [0.15, 0.2) is 12.4 Å². The predicted octanol–water partition coefficient (Wildman–Crippen LogP) is 2.77. The summed E-state index contributed by atoms with van der Waals surface area (Å²) in [6.07, 6.45) is 4.08. The summed E-state index contributed by atoms with van der Waals surface area (Å²) in [4.78, 5) is 18.9. The third-order valence-corrected chi connectivity index (χ3v) is 2.54. The molecule has 0 bridgehead atoms. The van der Waals surface area contributed by atoms with Crippen LogP contribution in [-0.4, -0.2) is 22.5 Å². The number of carbonyl (C=O) groups is 1. The van der Waals surface area contributed by atoms with Gasteiger partial charge in [-0.05, 0) is 18.2 Å². The van der Waals surface area contributed by atoms with Gasteiger partial charge in [-0.15, -0.1) is 0 Å². The standard InChI is InChI=1S/C12H8Cl2N2O3/c13-8-1-2-11(10(14)3-8)18-6-12(17)19-9-4-15-7-16-5-9/h1-5,7H,6H2. The van der Waals surface area contributed by atoms with Gasteiger partial charge in [-0.1, -0.05) is 23.2 Å². The Labute approximate surface area is 119 Å². The van der Waals surface area contributed by atoms with E-state index >= 15 is 0 Å². The smallest absolute Gasteiger partial charge is 0.349 e. The Kier molecular flexibility index (Phi) is 4.54. The second kappa shape index (κ2) is 6.36. The van der Waals surface area contributed by atoms with Gasteiger partial charge in [-0.25, -0.2) is 14.8 Å². The molecule has 7 heteroatoms. The van der Waals surface area contributed by atoms with Gasteiger partial charge in [0.1, 0.15) is 12.1 Å². The summed E-state index contributed by atoms with van der Waals surface area (Å²) in [5.74, 6) is 0.0199. The maximum absolute atomic E-state index is 11.5.